The molecule has 0 bridgehead atoms. The van der Waals surface area contributed by atoms with E-state index in [9.17, 15) is 8.42 Å². The molecule has 8 heteroatoms. The zero-order valence-corrected chi connectivity index (χ0v) is 14.7. The Bertz CT molecular complexity index is 535. The van der Waals surface area contributed by atoms with E-state index >= 15 is 0 Å². The predicted octanol–water partition coefficient (Wildman–Crippen LogP) is 1.86. The standard InChI is InChI=1S/C11H16Br2N2O3S/c1-14-19(16,17)4-3-15-7-8-5-9(12)6-10(13)11(8)18-2/h5-6,14-15H,3-4,7H2,1-2H3. The molecule has 5 nitrogen and oxygen atoms in total. The Balaban J connectivity index is 2.63. The van der Waals surface area contributed by atoms with Gasteiger partial charge < -0.3 is 10.1 Å². The van der Waals surface area contributed by atoms with E-state index in [1.807, 2.05) is 12.1 Å². The fraction of sp³-hybridized carbons (Fsp3) is 0.455. The van der Waals surface area contributed by atoms with Gasteiger partial charge in [-0.2, -0.15) is 0 Å². The van der Waals surface area contributed by atoms with Crippen LogP contribution in [0, 0.1) is 0 Å². The number of halogens is 2. The summed E-state index contributed by atoms with van der Waals surface area (Å²) in [7, 11) is -0.162. The van der Waals surface area contributed by atoms with Crippen molar-refractivity contribution in [1.29, 1.82) is 0 Å². The Hall–Kier alpha value is -0.150. The third-order valence-electron chi connectivity index (χ3n) is 2.46. The largest absolute Gasteiger partial charge is 0.495 e. The number of hydrogen-bond donors (Lipinski definition) is 2. The summed E-state index contributed by atoms with van der Waals surface area (Å²) in [6.07, 6.45) is 0. The normalized spacial score (nSPS) is 11.6. The van der Waals surface area contributed by atoms with Crippen LogP contribution in [0.2, 0.25) is 0 Å². The molecule has 19 heavy (non-hydrogen) atoms. The summed E-state index contributed by atoms with van der Waals surface area (Å²) in [5, 5.41) is 3.08. The second-order valence-corrected chi connectivity index (χ2v) is 7.60. The molecule has 2 N–H and O–H groups in total. The number of methoxy groups -OCH3 is 1. The zero-order chi connectivity index (χ0) is 14.5. The molecular weight excluding hydrogens is 400 g/mol. The van der Waals surface area contributed by atoms with E-state index in [1.165, 1.54) is 7.05 Å². The van der Waals surface area contributed by atoms with Crippen LogP contribution in [-0.4, -0.2) is 34.9 Å². The van der Waals surface area contributed by atoms with Crippen LogP contribution in [0.5, 0.6) is 5.75 Å². The summed E-state index contributed by atoms with van der Waals surface area (Å²) < 4.78 is 31.9. The summed E-state index contributed by atoms with van der Waals surface area (Å²) in [5.41, 5.74) is 0.950. The first-order valence-corrected chi connectivity index (χ1v) is 8.77. The summed E-state index contributed by atoms with van der Waals surface area (Å²) in [5.74, 6) is 0.785. The molecule has 0 heterocycles. The van der Waals surface area contributed by atoms with Crippen molar-refractivity contribution in [2.75, 3.05) is 26.5 Å². The molecule has 0 unspecified atom stereocenters. The van der Waals surface area contributed by atoms with Gasteiger partial charge in [0.2, 0.25) is 10.0 Å². The Morgan fingerprint density at radius 3 is 2.58 bits per heavy atom. The molecule has 0 aliphatic heterocycles. The monoisotopic (exact) mass is 414 g/mol. The molecule has 108 valence electrons. The highest BCUT2D eigenvalue weighted by Crippen LogP contribution is 2.32. The Morgan fingerprint density at radius 1 is 1.32 bits per heavy atom. The second-order valence-electron chi connectivity index (χ2n) is 3.78. The van der Waals surface area contributed by atoms with Gasteiger partial charge in [-0.3, -0.25) is 0 Å². The topological polar surface area (TPSA) is 67.4 Å². The number of benzene rings is 1. The quantitative estimate of drug-likeness (QED) is 0.667. The van der Waals surface area contributed by atoms with Crippen LogP contribution in [0.1, 0.15) is 5.56 Å². The van der Waals surface area contributed by atoms with Crippen LogP contribution in [0.4, 0.5) is 0 Å². The molecule has 1 aromatic rings. The van der Waals surface area contributed by atoms with E-state index in [1.54, 1.807) is 7.11 Å². The van der Waals surface area contributed by atoms with Gasteiger partial charge in [-0.1, -0.05) is 15.9 Å². The van der Waals surface area contributed by atoms with Crippen molar-refractivity contribution in [2.45, 2.75) is 6.54 Å². The molecule has 0 aliphatic carbocycles. The predicted molar refractivity (Wildman–Crippen MR) is 82.9 cm³/mol. The van der Waals surface area contributed by atoms with Crippen LogP contribution >= 0.6 is 31.9 Å². The van der Waals surface area contributed by atoms with Crippen molar-refractivity contribution >= 4 is 41.9 Å². The molecular formula is C11H16Br2N2O3S. The number of nitrogens with one attached hydrogen (secondary N) is 2. The molecule has 0 saturated heterocycles. The van der Waals surface area contributed by atoms with Crippen molar-refractivity contribution in [3.8, 4) is 5.75 Å². The summed E-state index contributed by atoms with van der Waals surface area (Å²) in [4.78, 5) is 0. The lowest BCUT2D eigenvalue weighted by atomic mass is 10.2. The fourth-order valence-corrected chi connectivity index (χ4v) is 3.60. The smallest absolute Gasteiger partial charge is 0.212 e. The van der Waals surface area contributed by atoms with Gasteiger partial charge in [0.05, 0.1) is 17.3 Å². The van der Waals surface area contributed by atoms with Crippen molar-refractivity contribution < 1.29 is 13.2 Å². The number of sulfonamides is 1. The molecule has 0 saturated carbocycles. The van der Waals surface area contributed by atoms with Gasteiger partial charge in [0.15, 0.2) is 0 Å². The maximum atomic E-state index is 11.3. The van der Waals surface area contributed by atoms with Crippen molar-refractivity contribution in [3.05, 3.63) is 26.6 Å². The van der Waals surface area contributed by atoms with Gasteiger partial charge in [-0.05, 0) is 35.1 Å². The molecule has 0 fully saturated rings. The lowest BCUT2D eigenvalue weighted by Gasteiger charge is -2.12. The van der Waals surface area contributed by atoms with Gasteiger partial charge >= 0.3 is 0 Å². The lowest BCUT2D eigenvalue weighted by molar-refractivity contribution is 0.405. The van der Waals surface area contributed by atoms with E-state index < -0.39 is 10.0 Å². The molecule has 1 aromatic carbocycles. The number of ether oxygens (including phenoxy) is 1. The third kappa shape index (κ3) is 5.39. The highest BCUT2D eigenvalue weighted by molar-refractivity contribution is 9.11. The number of rotatable bonds is 7. The lowest BCUT2D eigenvalue weighted by Crippen LogP contribution is -2.29. The Labute approximate surface area is 130 Å². The highest BCUT2D eigenvalue weighted by Gasteiger charge is 2.10. The zero-order valence-electron chi connectivity index (χ0n) is 10.7. The molecule has 1 rings (SSSR count). The summed E-state index contributed by atoms with van der Waals surface area (Å²) >= 11 is 6.83. The fourth-order valence-electron chi connectivity index (χ4n) is 1.51. The van der Waals surface area contributed by atoms with Gasteiger partial charge in [0.25, 0.3) is 0 Å². The third-order valence-corrected chi connectivity index (χ3v) is 4.87. The van der Waals surface area contributed by atoms with E-state index in [4.69, 9.17) is 4.74 Å². The van der Waals surface area contributed by atoms with E-state index in [-0.39, 0.29) is 5.75 Å². The minimum absolute atomic E-state index is 0.0426. The first kappa shape index (κ1) is 16.9. The molecule has 0 spiro atoms. The van der Waals surface area contributed by atoms with Crippen LogP contribution in [-0.2, 0) is 16.6 Å². The molecule has 0 radical (unpaired) electrons. The highest BCUT2D eigenvalue weighted by atomic mass is 79.9. The van der Waals surface area contributed by atoms with Crippen molar-refractivity contribution in [1.82, 2.24) is 10.0 Å². The van der Waals surface area contributed by atoms with Crippen LogP contribution in [0.15, 0.2) is 21.1 Å². The Kier molecular flexibility index (Phi) is 6.75. The molecule has 0 aliphatic rings. The maximum Gasteiger partial charge on any atom is 0.212 e. The van der Waals surface area contributed by atoms with Crippen molar-refractivity contribution in [3.63, 3.8) is 0 Å². The van der Waals surface area contributed by atoms with Gasteiger partial charge in [-0.25, -0.2) is 13.1 Å². The van der Waals surface area contributed by atoms with Crippen LogP contribution < -0.4 is 14.8 Å². The van der Waals surface area contributed by atoms with Gasteiger partial charge in [-0.15, -0.1) is 0 Å². The van der Waals surface area contributed by atoms with Crippen LogP contribution in [0.25, 0.3) is 0 Å². The first-order valence-electron chi connectivity index (χ1n) is 5.53. The minimum Gasteiger partial charge on any atom is -0.495 e. The molecule has 0 amide bonds. The molecule has 0 aromatic heterocycles. The number of hydrogen-bond acceptors (Lipinski definition) is 4. The average molecular weight is 416 g/mol. The van der Waals surface area contributed by atoms with Crippen molar-refractivity contribution in [2.24, 2.45) is 0 Å². The van der Waals surface area contributed by atoms with Gasteiger partial charge in [0, 0.05) is 23.1 Å². The maximum absolute atomic E-state index is 11.3. The summed E-state index contributed by atoms with van der Waals surface area (Å²) in [6.45, 7) is 0.900. The summed E-state index contributed by atoms with van der Waals surface area (Å²) in [6, 6.07) is 3.83. The van der Waals surface area contributed by atoms with E-state index in [2.05, 4.69) is 41.9 Å². The van der Waals surface area contributed by atoms with Crippen LogP contribution in [0.3, 0.4) is 0 Å². The Morgan fingerprint density at radius 2 is 2.00 bits per heavy atom. The van der Waals surface area contributed by atoms with E-state index in [0.717, 1.165) is 20.3 Å². The average Bonchev–Trinajstić information content (AvgIpc) is 2.34. The molecule has 0 atom stereocenters. The van der Waals surface area contributed by atoms with Gasteiger partial charge in [0.1, 0.15) is 5.75 Å². The SMILES string of the molecule is CNS(=O)(=O)CCNCc1cc(Br)cc(Br)c1OC. The van der Waals surface area contributed by atoms with E-state index in [0.29, 0.717) is 13.1 Å². The minimum atomic E-state index is -3.17. The second kappa shape index (κ2) is 7.58. The first-order chi connectivity index (χ1) is 8.89.